The molecular formula is C38H22. The van der Waals surface area contributed by atoms with Gasteiger partial charge in [0.2, 0.25) is 0 Å². The minimum absolute atomic E-state index is 1.29. The van der Waals surface area contributed by atoms with Gasteiger partial charge in [0.25, 0.3) is 0 Å². The maximum Gasteiger partial charge on any atom is -0.00264 e. The quantitative estimate of drug-likeness (QED) is 0.150. The number of hydrogen-bond donors (Lipinski definition) is 0. The van der Waals surface area contributed by atoms with E-state index in [1.807, 2.05) is 0 Å². The van der Waals surface area contributed by atoms with Crippen molar-refractivity contribution < 1.29 is 0 Å². The van der Waals surface area contributed by atoms with E-state index in [2.05, 4.69) is 133 Å². The topological polar surface area (TPSA) is 0 Å². The summed E-state index contributed by atoms with van der Waals surface area (Å²) in [5.74, 6) is 0. The number of hydrogen-bond acceptors (Lipinski definition) is 0. The highest BCUT2D eigenvalue weighted by Crippen LogP contribution is 2.40. The van der Waals surface area contributed by atoms with Crippen molar-refractivity contribution in [2.24, 2.45) is 0 Å². The lowest BCUT2D eigenvalue weighted by Crippen LogP contribution is -1.86. The van der Waals surface area contributed by atoms with Crippen molar-refractivity contribution in [1.82, 2.24) is 0 Å². The molecule has 0 N–H and O–H groups in total. The summed E-state index contributed by atoms with van der Waals surface area (Å²) in [4.78, 5) is 0. The molecule has 0 amide bonds. The molecule has 38 heavy (non-hydrogen) atoms. The van der Waals surface area contributed by atoms with Gasteiger partial charge in [-0.2, -0.15) is 0 Å². The molecule has 0 nitrogen and oxygen atoms in total. The van der Waals surface area contributed by atoms with Crippen LogP contribution in [0, 0.1) is 0 Å². The van der Waals surface area contributed by atoms with E-state index in [0.29, 0.717) is 0 Å². The highest BCUT2D eigenvalue weighted by atomic mass is 14.1. The fraction of sp³-hybridized carbons (Fsp3) is 0. The van der Waals surface area contributed by atoms with Crippen LogP contribution in [0.5, 0.6) is 0 Å². The predicted octanol–water partition coefficient (Wildman–Crippen LogP) is 10.9. The summed E-state index contributed by atoms with van der Waals surface area (Å²) in [7, 11) is 0. The van der Waals surface area contributed by atoms with E-state index in [4.69, 9.17) is 0 Å². The Morgan fingerprint density at radius 1 is 0.211 bits per heavy atom. The van der Waals surface area contributed by atoms with E-state index in [1.165, 1.54) is 86.2 Å². The molecule has 0 aliphatic carbocycles. The van der Waals surface area contributed by atoms with Gasteiger partial charge in [0.15, 0.2) is 0 Å². The van der Waals surface area contributed by atoms with Crippen LogP contribution < -0.4 is 0 Å². The second-order valence-electron chi connectivity index (χ2n) is 10.6. The van der Waals surface area contributed by atoms with Crippen molar-refractivity contribution in [3.05, 3.63) is 133 Å². The smallest absolute Gasteiger partial charge is 0.00264 e. The zero-order valence-corrected chi connectivity index (χ0v) is 20.7. The first-order valence-corrected chi connectivity index (χ1v) is 13.3. The molecule has 0 aliphatic rings. The highest BCUT2D eigenvalue weighted by Gasteiger charge is 2.12. The van der Waals surface area contributed by atoms with Gasteiger partial charge in [0.05, 0.1) is 0 Å². The van der Waals surface area contributed by atoms with Crippen molar-refractivity contribution >= 4 is 86.2 Å². The van der Waals surface area contributed by atoms with Gasteiger partial charge in [0.1, 0.15) is 0 Å². The largest absolute Gasteiger partial charge is 0.0616 e. The lowest BCUT2D eigenvalue weighted by molar-refractivity contribution is 1.78. The van der Waals surface area contributed by atoms with Gasteiger partial charge < -0.3 is 0 Å². The summed E-state index contributed by atoms with van der Waals surface area (Å²) in [6.07, 6.45) is 0. The molecule has 0 heteroatoms. The molecule has 0 aliphatic heterocycles. The summed E-state index contributed by atoms with van der Waals surface area (Å²) in [6, 6.07) is 49.8. The van der Waals surface area contributed by atoms with Gasteiger partial charge in [-0.25, -0.2) is 0 Å². The molecule has 0 atom stereocenters. The summed E-state index contributed by atoms with van der Waals surface area (Å²) in [5, 5.41) is 20.8. The molecule has 0 saturated heterocycles. The van der Waals surface area contributed by atoms with Gasteiger partial charge in [-0.3, -0.25) is 0 Å². The Morgan fingerprint density at radius 2 is 0.500 bits per heavy atom. The van der Waals surface area contributed by atoms with Crippen LogP contribution in [0.4, 0.5) is 0 Å². The molecule has 0 saturated carbocycles. The van der Waals surface area contributed by atoms with E-state index < -0.39 is 0 Å². The standard InChI is InChI=1S/C38H22/c1-3-7-27-20-33-29(17-25(27)5-1)13-9-23-11-15-31-19-32-16-12-24-10-14-30-18-26-6-2-4-8-28(26)21-34(30)38(24)36(32)22-35(31)37(23)33/h1-22H. The van der Waals surface area contributed by atoms with Gasteiger partial charge in [-0.15, -0.1) is 0 Å². The fourth-order valence-electron chi connectivity index (χ4n) is 6.64. The monoisotopic (exact) mass is 478 g/mol. The van der Waals surface area contributed by atoms with Crippen molar-refractivity contribution in [2.75, 3.05) is 0 Å². The third-order valence-electron chi connectivity index (χ3n) is 8.48. The average molecular weight is 479 g/mol. The minimum atomic E-state index is 1.29. The second-order valence-corrected chi connectivity index (χ2v) is 10.6. The Kier molecular flexibility index (Phi) is 3.88. The maximum atomic E-state index is 2.46. The minimum Gasteiger partial charge on any atom is -0.0616 e. The summed E-state index contributed by atoms with van der Waals surface area (Å²) in [6.45, 7) is 0. The fourth-order valence-corrected chi connectivity index (χ4v) is 6.64. The van der Waals surface area contributed by atoms with Crippen LogP contribution in [0.2, 0.25) is 0 Å². The maximum absolute atomic E-state index is 2.46. The molecule has 9 aromatic rings. The lowest BCUT2D eigenvalue weighted by atomic mass is 9.90. The molecule has 174 valence electrons. The molecule has 9 aromatic carbocycles. The molecule has 0 heterocycles. The van der Waals surface area contributed by atoms with Crippen LogP contribution >= 0.6 is 0 Å². The first kappa shape index (κ1) is 20.2. The molecular weight excluding hydrogens is 456 g/mol. The third-order valence-corrected chi connectivity index (χ3v) is 8.48. The van der Waals surface area contributed by atoms with E-state index in [0.717, 1.165) is 0 Å². The van der Waals surface area contributed by atoms with E-state index >= 15 is 0 Å². The molecule has 0 fully saturated rings. The van der Waals surface area contributed by atoms with Crippen LogP contribution in [-0.4, -0.2) is 0 Å². The third kappa shape index (κ3) is 2.75. The second kappa shape index (κ2) is 7.31. The number of rotatable bonds is 0. The van der Waals surface area contributed by atoms with Crippen molar-refractivity contribution in [3.63, 3.8) is 0 Å². The van der Waals surface area contributed by atoms with Crippen LogP contribution in [0.1, 0.15) is 0 Å². The lowest BCUT2D eigenvalue weighted by Gasteiger charge is -2.13. The molecule has 0 bridgehead atoms. The Bertz CT molecular complexity index is 2260. The molecule has 9 rings (SSSR count). The molecule has 0 radical (unpaired) electrons. The average Bonchev–Trinajstić information content (AvgIpc) is 2.97. The zero-order valence-electron chi connectivity index (χ0n) is 20.7. The molecule has 0 unspecified atom stereocenters. The van der Waals surface area contributed by atoms with Gasteiger partial charge in [0, 0.05) is 0 Å². The van der Waals surface area contributed by atoms with Crippen LogP contribution in [0.25, 0.3) is 86.2 Å². The van der Waals surface area contributed by atoms with Gasteiger partial charge >= 0.3 is 0 Å². The summed E-state index contributed by atoms with van der Waals surface area (Å²) < 4.78 is 0. The first-order valence-electron chi connectivity index (χ1n) is 13.3. The normalized spacial score (nSPS) is 12.2. The predicted molar refractivity (Wildman–Crippen MR) is 166 cm³/mol. The van der Waals surface area contributed by atoms with Crippen LogP contribution in [0.15, 0.2) is 133 Å². The number of benzene rings is 9. The molecule has 0 spiro atoms. The van der Waals surface area contributed by atoms with Gasteiger partial charge in [-0.1, -0.05) is 97.1 Å². The Hall–Kier alpha value is -4.94. The Labute approximate surface area is 219 Å². The van der Waals surface area contributed by atoms with Crippen molar-refractivity contribution in [2.45, 2.75) is 0 Å². The van der Waals surface area contributed by atoms with E-state index in [-0.39, 0.29) is 0 Å². The van der Waals surface area contributed by atoms with Crippen molar-refractivity contribution in [1.29, 1.82) is 0 Å². The SMILES string of the molecule is c1ccc2cc3c(ccc4ccc5cc6ccc7ccc8cc9ccccc9cc8c7c6cc5c43)cc2c1. The first-order chi connectivity index (χ1) is 18.8. The molecule has 0 aromatic heterocycles. The summed E-state index contributed by atoms with van der Waals surface area (Å²) >= 11 is 0. The zero-order chi connectivity index (χ0) is 24.8. The highest BCUT2D eigenvalue weighted by molar-refractivity contribution is 6.28. The Balaban J connectivity index is 1.49. The van der Waals surface area contributed by atoms with Crippen LogP contribution in [-0.2, 0) is 0 Å². The van der Waals surface area contributed by atoms with E-state index in [1.54, 1.807) is 0 Å². The van der Waals surface area contributed by atoms with Crippen LogP contribution in [0.3, 0.4) is 0 Å². The van der Waals surface area contributed by atoms with Crippen molar-refractivity contribution in [3.8, 4) is 0 Å². The number of fused-ring (bicyclic) bond motifs is 12. The van der Waals surface area contributed by atoms with Gasteiger partial charge in [-0.05, 0) is 123 Å². The Morgan fingerprint density at radius 3 is 0.895 bits per heavy atom. The van der Waals surface area contributed by atoms with E-state index in [9.17, 15) is 0 Å². The summed E-state index contributed by atoms with van der Waals surface area (Å²) in [5.41, 5.74) is 0.